The van der Waals surface area contributed by atoms with Gasteiger partial charge in [0.05, 0.1) is 5.52 Å². The Kier molecular flexibility index (Phi) is 2.09. The monoisotopic (exact) mass is 217 g/mol. The molecule has 1 fully saturated rings. The van der Waals surface area contributed by atoms with Crippen LogP contribution in [0.5, 0.6) is 5.75 Å². The first-order valence-corrected chi connectivity index (χ1v) is 5.77. The molecule has 1 saturated carbocycles. The summed E-state index contributed by atoms with van der Waals surface area (Å²) < 4.78 is 1.90. The molecule has 84 valence electrons. The summed E-state index contributed by atoms with van der Waals surface area (Å²) in [6, 6.07) is 5.43. The number of rotatable bonds is 3. The Labute approximate surface area is 93.9 Å². The highest BCUT2D eigenvalue weighted by Crippen LogP contribution is 2.37. The molecular formula is C12H15N3O. The van der Waals surface area contributed by atoms with Crippen LogP contribution in [0, 0.1) is 11.8 Å². The lowest BCUT2D eigenvalue weighted by molar-refractivity contribution is 0.407. The minimum atomic E-state index is 0.211. The van der Waals surface area contributed by atoms with Gasteiger partial charge in [-0.1, -0.05) is 18.2 Å². The van der Waals surface area contributed by atoms with Gasteiger partial charge in [0.25, 0.3) is 0 Å². The summed E-state index contributed by atoms with van der Waals surface area (Å²) in [7, 11) is 0. The standard InChI is InChI=1S/C12H15N3O/c1-8(9-5-6-9)7-15-10-3-2-4-11(16)12(10)13-14-15/h2-4,8-9,16H,5-7H2,1H3. The van der Waals surface area contributed by atoms with Gasteiger partial charge in [-0.3, -0.25) is 0 Å². The third-order valence-electron chi connectivity index (χ3n) is 3.41. The zero-order valence-corrected chi connectivity index (χ0v) is 9.30. The van der Waals surface area contributed by atoms with Crippen molar-refractivity contribution in [2.45, 2.75) is 26.3 Å². The quantitative estimate of drug-likeness (QED) is 0.857. The van der Waals surface area contributed by atoms with E-state index in [4.69, 9.17) is 0 Å². The summed E-state index contributed by atoms with van der Waals surface area (Å²) in [6.45, 7) is 3.15. The summed E-state index contributed by atoms with van der Waals surface area (Å²) >= 11 is 0. The molecule has 16 heavy (non-hydrogen) atoms. The average molecular weight is 217 g/mol. The van der Waals surface area contributed by atoms with Crippen LogP contribution in [0.25, 0.3) is 11.0 Å². The molecule has 0 amide bonds. The van der Waals surface area contributed by atoms with Gasteiger partial charge in [0, 0.05) is 6.54 Å². The summed E-state index contributed by atoms with van der Waals surface area (Å²) in [5.74, 6) is 1.71. The van der Waals surface area contributed by atoms with Crippen LogP contribution in [0.3, 0.4) is 0 Å². The second kappa shape index (κ2) is 3.47. The number of phenols is 1. The Balaban J connectivity index is 1.94. The van der Waals surface area contributed by atoms with Gasteiger partial charge < -0.3 is 5.11 Å². The Morgan fingerprint density at radius 2 is 2.31 bits per heavy atom. The Bertz CT molecular complexity index is 516. The largest absolute Gasteiger partial charge is 0.506 e. The van der Waals surface area contributed by atoms with Gasteiger partial charge in [0.2, 0.25) is 0 Å². The number of benzene rings is 1. The van der Waals surface area contributed by atoms with E-state index in [0.29, 0.717) is 11.4 Å². The number of hydrogen-bond acceptors (Lipinski definition) is 3. The van der Waals surface area contributed by atoms with Crippen molar-refractivity contribution in [1.82, 2.24) is 15.0 Å². The summed E-state index contributed by atoms with van der Waals surface area (Å²) in [5.41, 5.74) is 1.53. The van der Waals surface area contributed by atoms with Crippen LogP contribution in [0.4, 0.5) is 0 Å². The first-order valence-electron chi connectivity index (χ1n) is 5.77. The van der Waals surface area contributed by atoms with Crippen LogP contribution in [-0.4, -0.2) is 20.1 Å². The minimum absolute atomic E-state index is 0.211. The SMILES string of the molecule is CC(Cn1nnc2c(O)cccc21)C1CC1. The molecule has 1 aliphatic rings. The molecule has 1 unspecified atom stereocenters. The molecule has 1 aromatic heterocycles. The fourth-order valence-electron chi connectivity index (χ4n) is 2.20. The molecule has 0 aliphatic heterocycles. The average Bonchev–Trinajstić information content (AvgIpc) is 3.04. The second-order valence-electron chi connectivity index (χ2n) is 4.73. The fraction of sp³-hybridized carbons (Fsp3) is 0.500. The molecule has 0 bridgehead atoms. The molecular weight excluding hydrogens is 202 g/mol. The van der Waals surface area contributed by atoms with Crippen molar-refractivity contribution < 1.29 is 5.11 Å². The highest BCUT2D eigenvalue weighted by molar-refractivity contribution is 5.80. The third kappa shape index (κ3) is 1.54. The number of aromatic hydroxyl groups is 1. The predicted octanol–water partition coefficient (Wildman–Crippen LogP) is 2.18. The maximum absolute atomic E-state index is 9.62. The van der Waals surface area contributed by atoms with Crippen LogP contribution < -0.4 is 0 Å². The van der Waals surface area contributed by atoms with Crippen LogP contribution in [0.2, 0.25) is 0 Å². The lowest BCUT2D eigenvalue weighted by Crippen LogP contribution is -2.10. The van der Waals surface area contributed by atoms with Gasteiger partial charge in [0.15, 0.2) is 5.52 Å². The molecule has 1 atom stereocenters. The Morgan fingerprint density at radius 1 is 1.50 bits per heavy atom. The van der Waals surface area contributed by atoms with Gasteiger partial charge in [0.1, 0.15) is 5.75 Å². The van der Waals surface area contributed by atoms with Crippen molar-refractivity contribution >= 4 is 11.0 Å². The third-order valence-corrected chi connectivity index (χ3v) is 3.41. The first-order chi connectivity index (χ1) is 7.75. The summed E-state index contributed by atoms with van der Waals surface area (Å²) in [6.07, 6.45) is 2.69. The van der Waals surface area contributed by atoms with Gasteiger partial charge >= 0.3 is 0 Å². The van der Waals surface area contributed by atoms with Gasteiger partial charge in [-0.2, -0.15) is 0 Å². The molecule has 1 aromatic carbocycles. The van der Waals surface area contributed by atoms with E-state index in [-0.39, 0.29) is 5.75 Å². The van der Waals surface area contributed by atoms with Crippen molar-refractivity contribution in [3.05, 3.63) is 18.2 Å². The van der Waals surface area contributed by atoms with Gasteiger partial charge in [-0.05, 0) is 36.8 Å². The highest BCUT2D eigenvalue weighted by Gasteiger charge is 2.28. The molecule has 1 aliphatic carbocycles. The van der Waals surface area contributed by atoms with Crippen molar-refractivity contribution in [2.24, 2.45) is 11.8 Å². The van der Waals surface area contributed by atoms with Crippen molar-refractivity contribution in [1.29, 1.82) is 0 Å². The van der Waals surface area contributed by atoms with E-state index >= 15 is 0 Å². The van der Waals surface area contributed by atoms with Crippen molar-refractivity contribution in [3.8, 4) is 5.75 Å². The molecule has 3 rings (SSSR count). The number of aromatic nitrogens is 3. The fourth-order valence-corrected chi connectivity index (χ4v) is 2.20. The molecule has 0 radical (unpaired) electrons. The summed E-state index contributed by atoms with van der Waals surface area (Å²) in [4.78, 5) is 0. The lowest BCUT2D eigenvalue weighted by Gasteiger charge is -2.09. The molecule has 0 saturated heterocycles. The van der Waals surface area contributed by atoms with Crippen LogP contribution in [0.1, 0.15) is 19.8 Å². The van der Waals surface area contributed by atoms with E-state index in [2.05, 4.69) is 17.2 Å². The van der Waals surface area contributed by atoms with Crippen LogP contribution in [0.15, 0.2) is 18.2 Å². The van der Waals surface area contributed by atoms with E-state index in [9.17, 15) is 5.11 Å². The smallest absolute Gasteiger partial charge is 0.154 e. The molecule has 4 heteroatoms. The number of nitrogens with zero attached hydrogens (tertiary/aromatic N) is 3. The Morgan fingerprint density at radius 3 is 3.06 bits per heavy atom. The predicted molar refractivity (Wildman–Crippen MR) is 61.1 cm³/mol. The lowest BCUT2D eigenvalue weighted by atomic mass is 10.1. The number of fused-ring (bicyclic) bond motifs is 1. The van der Waals surface area contributed by atoms with E-state index in [1.165, 1.54) is 12.8 Å². The van der Waals surface area contributed by atoms with Gasteiger partial charge in [-0.25, -0.2) is 4.68 Å². The second-order valence-corrected chi connectivity index (χ2v) is 4.73. The van der Waals surface area contributed by atoms with Gasteiger partial charge in [-0.15, -0.1) is 5.10 Å². The van der Waals surface area contributed by atoms with Crippen molar-refractivity contribution in [3.63, 3.8) is 0 Å². The topological polar surface area (TPSA) is 50.9 Å². The van der Waals surface area contributed by atoms with Crippen molar-refractivity contribution in [2.75, 3.05) is 0 Å². The molecule has 1 heterocycles. The zero-order valence-electron chi connectivity index (χ0n) is 9.30. The normalized spacial score (nSPS) is 17.8. The molecule has 1 N–H and O–H groups in total. The maximum Gasteiger partial charge on any atom is 0.154 e. The molecule has 4 nitrogen and oxygen atoms in total. The van der Waals surface area contributed by atoms with Crippen LogP contribution in [-0.2, 0) is 6.54 Å². The zero-order chi connectivity index (χ0) is 11.1. The number of phenolic OH excluding ortho intramolecular Hbond substituents is 1. The number of hydrogen-bond donors (Lipinski definition) is 1. The van der Waals surface area contributed by atoms with E-state index in [1.807, 2.05) is 16.8 Å². The van der Waals surface area contributed by atoms with E-state index < -0.39 is 0 Å². The Hall–Kier alpha value is -1.58. The molecule has 2 aromatic rings. The summed E-state index contributed by atoms with van der Waals surface area (Å²) in [5, 5.41) is 17.8. The van der Waals surface area contributed by atoms with E-state index in [0.717, 1.165) is 18.0 Å². The van der Waals surface area contributed by atoms with E-state index in [1.54, 1.807) is 6.07 Å². The minimum Gasteiger partial charge on any atom is -0.506 e. The van der Waals surface area contributed by atoms with Crippen LogP contribution >= 0.6 is 0 Å². The molecule has 0 spiro atoms. The first kappa shape index (κ1) is 9.63. The maximum atomic E-state index is 9.62. The highest BCUT2D eigenvalue weighted by atomic mass is 16.3.